The van der Waals surface area contributed by atoms with Gasteiger partial charge in [-0.05, 0) is 42.3 Å². The number of benzene rings is 2. The van der Waals surface area contributed by atoms with Gasteiger partial charge in [0.2, 0.25) is 0 Å². The van der Waals surface area contributed by atoms with Gasteiger partial charge in [-0.2, -0.15) is 0 Å². The van der Waals surface area contributed by atoms with Crippen molar-refractivity contribution in [2.24, 2.45) is 7.05 Å². The van der Waals surface area contributed by atoms with Gasteiger partial charge in [0, 0.05) is 29.3 Å². The fourth-order valence-electron chi connectivity index (χ4n) is 3.14. The molecular formula is C20H19NO2S. The Morgan fingerprint density at radius 1 is 1.04 bits per heavy atom. The summed E-state index contributed by atoms with van der Waals surface area (Å²) in [5, 5.41) is 2.62. The minimum absolute atomic E-state index is 0.823. The van der Waals surface area contributed by atoms with E-state index in [0.717, 1.165) is 23.7 Å². The Kier molecular flexibility index (Phi) is 3.98. The molecule has 4 heteroatoms. The van der Waals surface area contributed by atoms with Crippen molar-refractivity contribution in [1.29, 1.82) is 0 Å². The summed E-state index contributed by atoms with van der Waals surface area (Å²) in [7, 11) is 3.81. The average molecular weight is 337 g/mol. The van der Waals surface area contributed by atoms with Gasteiger partial charge in [-0.3, -0.25) is 0 Å². The van der Waals surface area contributed by atoms with Gasteiger partial charge in [0.1, 0.15) is 11.5 Å². The number of aromatic nitrogens is 1. The van der Waals surface area contributed by atoms with Crippen LogP contribution in [-0.4, -0.2) is 17.4 Å². The third-order valence-electron chi connectivity index (χ3n) is 4.38. The summed E-state index contributed by atoms with van der Waals surface area (Å²) in [4.78, 5) is 0. The second-order valence-electron chi connectivity index (χ2n) is 5.79. The van der Waals surface area contributed by atoms with Gasteiger partial charge < -0.3 is 14.0 Å². The summed E-state index contributed by atoms with van der Waals surface area (Å²) in [6.45, 7) is 0. The summed E-state index contributed by atoms with van der Waals surface area (Å²) < 4.78 is 13.4. The maximum atomic E-state index is 5.92. The predicted octanol–water partition coefficient (Wildman–Crippen LogP) is 5.10. The van der Waals surface area contributed by atoms with Gasteiger partial charge in [0.05, 0.1) is 18.4 Å². The normalized spacial score (nSPS) is 15.5. The van der Waals surface area contributed by atoms with Crippen LogP contribution in [0.5, 0.6) is 11.5 Å². The molecule has 0 amide bonds. The number of rotatable bonds is 3. The van der Waals surface area contributed by atoms with E-state index in [-0.39, 0.29) is 0 Å². The van der Waals surface area contributed by atoms with Crippen molar-refractivity contribution >= 4 is 28.2 Å². The number of hydrogen-bond acceptors (Lipinski definition) is 3. The molecule has 122 valence electrons. The van der Waals surface area contributed by atoms with Crippen LogP contribution in [0.15, 0.2) is 59.8 Å². The molecule has 0 saturated heterocycles. The van der Waals surface area contributed by atoms with E-state index >= 15 is 0 Å². The monoisotopic (exact) mass is 337 g/mol. The number of hydrogen-bond donors (Lipinski definition) is 0. The zero-order valence-corrected chi connectivity index (χ0v) is 14.6. The first-order valence-electron chi connectivity index (χ1n) is 7.98. The molecule has 2 aromatic carbocycles. The van der Waals surface area contributed by atoms with Crippen molar-refractivity contribution in [2.75, 3.05) is 12.9 Å². The van der Waals surface area contributed by atoms with Crippen LogP contribution >= 0.6 is 11.8 Å². The Morgan fingerprint density at radius 3 is 2.58 bits per heavy atom. The number of thioether (sulfide) groups is 1. The van der Waals surface area contributed by atoms with E-state index in [9.17, 15) is 0 Å². The molecule has 1 aromatic heterocycles. The molecule has 0 saturated carbocycles. The highest BCUT2D eigenvalue weighted by molar-refractivity contribution is 7.99. The third-order valence-corrected chi connectivity index (χ3v) is 5.54. The second-order valence-corrected chi connectivity index (χ2v) is 6.87. The summed E-state index contributed by atoms with van der Waals surface area (Å²) in [5.41, 5.74) is 3.85. The van der Waals surface area contributed by atoms with E-state index in [2.05, 4.69) is 35.9 Å². The summed E-state index contributed by atoms with van der Waals surface area (Å²) in [6.07, 6.45) is 2.93. The molecule has 3 aromatic rings. The molecule has 1 aliphatic heterocycles. The van der Waals surface area contributed by atoms with E-state index in [1.807, 2.05) is 42.3 Å². The standard InChI is InChI=1S/C20H19NO2S/c1-21-18-6-4-3-5-17(18)19-14(11-12-24-20(19)21)13-23-16-9-7-15(22-2)8-10-16/h3-10,13H,11-12H2,1-2H3/b14-13+. The number of para-hydroxylation sites is 1. The SMILES string of the molecule is COc1ccc(O/C=C2\CCSc3c2c2ccccc2n3C)cc1. The first-order chi connectivity index (χ1) is 11.8. The van der Waals surface area contributed by atoms with E-state index in [1.54, 1.807) is 7.11 Å². The van der Waals surface area contributed by atoms with E-state index < -0.39 is 0 Å². The van der Waals surface area contributed by atoms with E-state index in [0.29, 0.717) is 0 Å². The van der Waals surface area contributed by atoms with Crippen molar-refractivity contribution in [3.63, 3.8) is 0 Å². The highest BCUT2D eigenvalue weighted by Crippen LogP contribution is 2.42. The molecule has 0 radical (unpaired) electrons. The molecule has 0 N–H and O–H groups in total. The van der Waals surface area contributed by atoms with Crippen molar-refractivity contribution in [3.8, 4) is 11.5 Å². The Morgan fingerprint density at radius 2 is 1.79 bits per heavy atom. The molecule has 0 aliphatic carbocycles. The zero-order valence-electron chi connectivity index (χ0n) is 13.8. The largest absolute Gasteiger partial charge is 0.497 e. The predicted molar refractivity (Wildman–Crippen MR) is 99.9 cm³/mol. The van der Waals surface area contributed by atoms with Crippen molar-refractivity contribution in [3.05, 3.63) is 60.4 Å². The smallest absolute Gasteiger partial charge is 0.126 e. The summed E-state index contributed by atoms with van der Waals surface area (Å²) in [5.74, 6) is 2.73. The number of fused-ring (bicyclic) bond motifs is 3. The van der Waals surface area contributed by atoms with Crippen LogP contribution in [0.1, 0.15) is 12.0 Å². The second kappa shape index (κ2) is 6.29. The van der Waals surface area contributed by atoms with Crippen molar-refractivity contribution in [1.82, 2.24) is 4.57 Å². The van der Waals surface area contributed by atoms with Crippen LogP contribution in [0.25, 0.3) is 16.5 Å². The average Bonchev–Trinajstić information content (AvgIpc) is 2.94. The number of methoxy groups -OCH3 is 1. The van der Waals surface area contributed by atoms with Crippen LogP contribution in [0.3, 0.4) is 0 Å². The third kappa shape index (κ3) is 2.57. The molecule has 0 atom stereocenters. The number of nitrogens with zero attached hydrogens (tertiary/aromatic N) is 1. The molecule has 0 fully saturated rings. The van der Waals surface area contributed by atoms with Crippen LogP contribution < -0.4 is 9.47 Å². The number of ether oxygens (including phenoxy) is 2. The Hall–Kier alpha value is -2.33. The van der Waals surface area contributed by atoms with Crippen LogP contribution in [0, 0.1) is 0 Å². The van der Waals surface area contributed by atoms with Gasteiger partial charge >= 0.3 is 0 Å². The maximum Gasteiger partial charge on any atom is 0.126 e. The number of aryl methyl sites for hydroxylation is 1. The Bertz CT molecular complexity index is 909. The quantitative estimate of drug-likeness (QED) is 0.621. The zero-order chi connectivity index (χ0) is 16.5. The lowest BCUT2D eigenvalue weighted by molar-refractivity contribution is 0.413. The van der Waals surface area contributed by atoms with Gasteiger partial charge in [0.25, 0.3) is 0 Å². The van der Waals surface area contributed by atoms with Crippen LogP contribution in [-0.2, 0) is 7.05 Å². The highest BCUT2D eigenvalue weighted by atomic mass is 32.2. The lowest BCUT2D eigenvalue weighted by Crippen LogP contribution is -2.01. The van der Waals surface area contributed by atoms with E-state index in [4.69, 9.17) is 9.47 Å². The van der Waals surface area contributed by atoms with E-state index in [1.165, 1.54) is 27.1 Å². The summed E-state index contributed by atoms with van der Waals surface area (Å²) in [6, 6.07) is 16.2. The van der Waals surface area contributed by atoms with Gasteiger partial charge in [-0.15, -0.1) is 11.8 Å². The molecule has 1 aliphatic rings. The maximum absolute atomic E-state index is 5.92. The Balaban J connectivity index is 1.71. The van der Waals surface area contributed by atoms with Crippen molar-refractivity contribution < 1.29 is 9.47 Å². The van der Waals surface area contributed by atoms with Crippen LogP contribution in [0.2, 0.25) is 0 Å². The first kappa shape index (κ1) is 15.2. The summed E-state index contributed by atoms with van der Waals surface area (Å²) >= 11 is 1.92. The minimum atomic E-state index is 0.823. The van der Waals surface area contributed by atoms with Gasteiger partial charge in [0.15, 0.2) is 0 Å². The molecule has 3 nitrogen and oxygen atoms in total. The molecule has 0 spiro atoms. The fourth-order valence-corrected chi connectivity index (χ4v) is 4.34. The molecular weight excluding hydrogens is 318 g/mol. The number of allylic oxidation sites excluding steroid dienone is 1. The molecule has 0 unspecified atom stereocenters. The molecule has 0 bridgehead atoms. The fraction of sp³-hybridized carbons (Fsp3) is 0.200. The molecule has 2 heterocycles. The Labute approximate surface area is 145 Å². The molecule has 24 heavy (non-hydrogen) atoms. The van der Waals surface area contributed by atoms with Gasteiger partial charge in [-0.1, -0.05) is 18.2 Å². The van der Waals surface area contributed by atoms with Crippen LogP contribution in [0.4, 0.5) is 0 Å². The first-order valence-corrected chi connectivity index (χ1v) is 8.97. The molecule has 4 rings (SSSR count). The van der Waals surface area contributed by atoms with Crippen molar-refractivity contribution in [2.45, 2.75) is 11.4 Å². The van der Waals surface area contributed by atoms with Gasteiger partial charge in [-0.25, -0.2) is 0 Å². The highest BCUT2D eigenvalue weighted by Gasteiger charge is 2.22. The lowest BCUT2D eigenvalue weighted by atomic mass is 10.0. The lowest BCUT2D eigenvalue weighted by Gasteiger charge is -2.16. The topological polar surface area (TPSA) is 23.4 Å². The minimum Gasteiger partial charge on any atom is -0.497 e.